The van der Waals surface area contributed by atoms with Gasteiger partial charge in [0.05, 0.1) is 11.1 Å². The third-order valence-electron chi connectivity index (χ3n) is 4.05. The molecule has 0 saturated heterocycles. The number of aryl methyl sites for hydroxylation is 1. The number of nitrogens with one attached hydrogen (secondary N) is 1. The second kappa shape index (κ2) is 7.83. The van der Waals surface area contributed by atoms with Crippen LogP contribution < -0.4 is 5.32 Å². The number of thioether (sulfide) groups is 1. The molecule has 0 aliphatic carbocycles. The Bertz CT molecular complexity index is 958. The average molecular weight is 372 g/mol. The predicted octanol–water partition coefficient (Wildman–Crippen LogP) is 4.86. The summed E-state index contributed by atoms with van der Waals surface area (Å²) >= 11 is 1.47. The summed E-state index contributed by atoms with van der Waals surface area (Å²) in [6.45, 7) is 4.06. The number of hydrogen-bond donors (Lipinski definition) is 1. The van der Waals surface area contributed by atoms with E-state index in [0.29, 0.717) is 27.1 Å². The van der Waals surface area contributed by atoms with Gasteiger partial charge in [-0.1, -0.05) is 19.1 Å². The average Bonchev–Trinajstić information content (AvgIpc) is 2.62. The molecule has 134 valence electrons. The van der Waals surface area contributed by atoms with E-state index >= 15 is 0 Å². The molecule has 1 N–H and O–H groups in total. The van der Waals surface area contributed by atoms with Gasteiger partial charge < -0.3 is 5.32 Å². The van der Waals surface area contributed by atoms with Crippen molar-refractivity contribution in [2.75, 3.05) is 5.75 Å². The van der Waals surface area contributed by atoms with E-state index in [-0.39, 0.29) is 24.1 Å². The van der Waals surface area contributed by atoms with Crippen LogP contribution in [-0.2, 0) is 6.54 Å². The van der Waals surface area contributed by atoms with Gasteiger partial charge >= 0.3 is 0 Å². The number of aromatic nitrogens is 1. The second-order valence-corrected chi connectivity index (χ2v) is 7.07. The molecule has 1 aromatic heterocycles. The molecule has 1 amide bonds. The lowest BCUT2D eigenvalue weighted by Gasteiger charge is -2.14. The normalized spacial score (nSPS) is 10.9. The second-order valence-electron chi connectivity index (χ2n) is 5.82. The summed E-state index contributed by atoms with van der Waals surface area (Å²) < 4.78 is 26.6. The van der Waals surface area contributed by atoms with Gasteiger partial charge in [0, 0.05) is 11.9 Å². The van der Waals surface area contributed by atoms with E-state index in [1.165, 1.54) is 36.0 Å². The van der Waals surface area contributed by atoms with Gasteiger partial charge in [0.25, 0.3) is 5.91 Å². The SMILES string of the molecule is CCSc1nc2ccc(F)cc2c(C)c1C(=O)NCc1ccc(F)cc1. The van der Waals surface area contributed by atoms with Crippen LogP contribution in [0, 0.1) is 18.6 Å². The van der Waals surface area contributed by atoms with Gasteiger partial charge in [0.15, 0.2) is 0 Å². The molecule has 3 rings (SSSR count). The molecule has 0 fully saturated rings. The maximum atomic E-state index is 13.6. The van der Waals surface area contributed by atoms with E-state index in [1.54, 1.807) is 25.1 Å². The van der Waals surface area contributed by atoms with Crippen molar-refractivity contribution >= 4 is 28.6 Å². The van der Waals surface area contributed by atoms with Crippen molar-refractivity contribution in [3.63, 3.8) is 0 Å². The molecule has 3 aromatic rings. The quantitative estimate of drug-likeness (QED) is 0.650. The summed E-state index contributed by atoms with van der Waals surface area (Å²) in [6, 6.07) is 10.3. The molecule has 0 atom stereocenters. The molecule has 3 nitrogen and oxygen atoms in total. The van der Waals surface area contributed by atoms with E-state index in [1.807, 2.05) is 6.92 Å². The van der Waals surface area contributed by atoms with Crippen LogP contribution in [0.5, 0.6) is 0 Å². The molecule has 2 aromatic carbocycles. The van der Waals surface area contributed by atoms with Gasteiger partial charge in [-0.25, -0.2) is 13.8 Å². The Hall–Kier alpha value is -2.47. The highest BCUT2D eigenvalue weighted by atomic mass is 32.2. The molecule has 0 spiro atoms. The number of pyridine rings is 1. The van der Waals surface area contributed by atoms with Crippen molar-refractivity contribution in [1.82, 2.24) is 10.3 Å². The van der Waals surface area contributed by atoms with E-state index in [9.17, 15) is 13.6 Å². The predicted molar refractivity (Wildman–Crippen MR) is 100 cm³/mol. The number of benzene rings is 2. The molecule has 0 unspecified atom stereocenters. The van der Waals surface area contributed by atoms with Crippen LogP contribution in [-0.4, -0.2) is 16.6 Å². The van der Waals surface area contributed by atoms with E-state index in [0.717, 1.165) is 11.3 Å². The van der Waals surface area contributed by atoms with E-state index in [2.05, 4.69) is 10.3 Å². The molecular weight excluding hydrogens is 354 g/mol. The Kier molecular flexibility index (Phi) is 5.52. The van der Waals surface area contributed by atoms with Crippen molar-refractivity contribution in [3.05, 3.63) is 70.8 Å². The lowest BCUT2D eigenvalue weighted by atomic mass is 10.0. The summed E-state index contributed by atoms with van der Waals surface area (Å²) in [4.78, 5) is 17.3. The smallest absolute Gasteiger partial charge is 0.254 e. The maximum absolute atomic E-state index is 13.6. The largest absolute Gasteiger partial charge is 0.348 e. The van der Waals surface area contributed by atoms with Crippen LogP contribution in [0.25, 0.3) is 10.9 Å². The highest BCUT2D eigenvalue weighted by molar-refractivity contribution is 7.99. The number of nitrogens with zero attached hydrogens (tertiary/aromatic N) is 1. The lowest BCUT2D eigenvalue weighted by molar-refractivity contribution is 0.0947. The van der Waals surface area contributed by atoms with Crippen LogP contribution in [0.1, 0.15) is 28.4 Å². The minimum Gasteiger partial charge on any atom is -0.348 e. The summed E-state index contributed by atoms with van der Waals surface area (Å²) in [5.41, 5.74) is 2.61. The zero-order valence-corrected chi connectivity index (χ0v) is 15.3. The van der Waals surface area contributed by atoms with Gasteiger partial charge in [-0.15, -0.1) is 11.8 Å². The number of carbonyl (C=O) groups is 1. The third kappa shape index (κ3) is 3.85. The summed E-state index contributed by atoms with van der Waals surface area (Å²) in [5.74, 6) is -0.201. The highest BCUT2D eigenvalue weighted by Crippen LogP contribution is 2.29. The highest BCUT2D eigenvalue weighted by Gasteiger charge is 2.19. The zero-order valence-electron chi connectivity index (χ0n) is 14.5. The van der Waals surface area contributed by atoms with Gasteiger partial charge in [-0.3, -0.25) is 4.79 Å². The Morgan fingerprint density at radius 1 is 1.12 bits per heavy atom. The van der Waals surface area contributed by atoms with Crippen LogP contribution >= 0.6 is 11.8 Å². The first-order chi connectivity index (χ1) is 12.5. The van der Waals surface area contributed by atoms with Crippen molar-refractivity contribution in [1.29, 1.82) is 0 Å². The van der Waals surface area contributed by atoms with Crippen molar-refractivity contribution in [2.24, 2.45) is 0 Å². The van der Waals surface area contributed by atoms with E-state index < -0.39 is 0 Å². The van der Waals surface area contributed by atoms with Crippen LogP contribution in [0.2, 0.25) is 0 Å². The Morgan fingerprint density at radius 3 is 2.50 bits per heavy atom. The summed E-state index contributed by atoms with van der Waals surface area (Å²) in [6.07, 6.45) is 0. The van der Waals surface area contributed by atoms with Gasteiger partial charge in [-0.2, -0.15) is 0 Å². The summed E-state index contributed by atoms with van der Waals surface area (Å²) in [5, 5.41) is 4.09. The maximum Gasteiger partial charge on any atom is 0.254 e. The molecule has 0 aliphatic rings. The molecular formula is C20H18F2N2OS. The number of fused-ring (bicyclic) bond motifs is 1. The van der Waals surface area contributed by atoms with Gasteiger partial charge in [0.1, 0.15) is 16.7 Å². The number of rotatable bonds is 5. The van der Waals surface area contributed by atoms with Crippen molar-refractivity contribution in [3.8, 4) is 0 Å². The monoisotopic (exact) mass is 372 g/mol. The lowest BCUT2D eigenvalue weighted by Crippen LogP contribution is -2.25. The molecule has 1 heterocycles. The third-order valence-corrected chi connectivity index (χ3v) is 4.91. The van der Waals surface area contributed by atoms with Gasteiger partial charge in [-0.05, 0) is 54.1 Å². The molecule has 0 radical (unpaired) electrons. The number of carbonyl (C=O) groups excluding carboxylic acids is 1. The minimum absolute atomic E-state index is 0.274. The Labute approximate surface area is 154 Å². The van der Waals surface area contributed by atoms with Crippen LogP contribution in [0.3, 0.4) is 0 Å². The molecule has 0 bridgehead atoms. The first-order valence-corrected chi connectivity index (χ1v) is 9.23. The van der Waals surface area contributed by atoms with Crippen LogP contribution in [0.15, 0.2) is 47.5 Å². The fraction of sp³-hybridized carbons (Fsp3) is 0.200. The summed E-state index contributed by atoms with van der Waals surface area (Å²) in [7, 11) is 0. The number of halogens is 2. The number of hydrogen-bond acceptors (Lipinski definition) is 3. The standard InChI is InChI=1S/C20H18F2N2OS/c1-3-26-20-18(12(2)16-10-15(22)8-9-17(16)24-20)19(25)23-11-13-4-6-14(21)7-5-13/h4-10H,3,11H2,1-2H3,(H,23,25). The van der Waals surface area contributed by atoms with Crippen molar-refractivity contribution < 1.29 is 13.6 Å². The topological polar surface area (TPSA) is 42.0 Å². The molecule has 26 heavy (non-hydrogen) atoms. The van der Waals surface area contributed by atoms with Crippen LogP contribution in [0.4, 0.5) is 8.78 Å². The minimum atomic E-state index is -0.365. The molecule has 0 aliphatic heterocycles. The van der Waals surface area contributed by atoms with E-state index in [4.69, 9.17) is 0 Å². The molecule has 0 saturated carbocycles. The zero-order chi connectivity index (χ0) is 18.7. The molecule has 6 heteroatoms. The van der Waals surface area contributed by atoms with Gasteiger partial charge in [0.2, 0.25) is 0 Å². The Balaban J connectivity index is 1.95. The first kappa shape index (κ1) is 18.3. The van der Waals surface area contributed by atoms with Crippen molar-refractivity contribution in [2.45, 2.75) is 25.4 Å². The number of amides is 1. The fourth-order valence-corrected chi connectivity index (χ4v) is 3.57. The fourth-order valence-electron chi connectivity index (χ4n) is 2.75. The first-order valence-electron chi connectivity index (χ1n) is 8.25. The Morgan fingerprint density at radius 2 is 1.81 bits per heavy atom.